The molecule has 1 heterocycles. The van der Waals surface area contributed by atoms with Crippen LogP contribution in [0.2, 0.25) is 0 Å². The Kier molecular flexibility index (Phi) is 2.39. The summed E-state index contributed by atoms with van der Waals surface area (Å²) in [6.07, 6.45) is 0. The van der Waals surface area contributed by atoms with Crippen molar-refractivity contribution in [1.29, 1.82) is 0 Å². The van der Waals surface area contributed by atoms with Gasteiger partial charge in [-0.1, -0.05) is 6.07 Å². The van der Waals surface area contributed by atoms with Crippen molar-refractivity contribution in [2.45, 2.75) is 0 Å². The van der Waals surface area contributed by atoms with Crippen LogP contribution >= 0.6 is 22.6 Å². The van der Waals surface area contributed by atoms with Gasteiger partial charge >= 0.3 is 0 Å². The van der Waals surface area contributed by atoms with Crippen LogP contribution in [0.4, 0.5) is 5.69 Å². The smallest absolute Gasteiger partial charge is 0.253 e. The SMILES string of the molecule is O=C1NCCNc2c(I)cccc21. The van der Waals surface area contributed by atoms with Crippen LogP contribution in [0.25, 0.3) is 0 Å². The number of fused-ring (bicyclic) bond motifs is 1. The highest BCUT2D eigenvalue weighted by Gasteiger charge is 2.15. The molecule has 0 atom stereocenters. The first-order valence-corrected chi connectivity index (χ1v) is 5.17. The molecule has 0 saturated heterocycles. The summed E-state index contributed by atoms with van der Waals surface area (Å²) in [5.74, 6) is 0.0125. The minimum Gasteiger partial charge on any atom is -0.382 e. The Balaban J connectivity index is 2.54. The van der Waals surface area contributed by atoms with E-state index in [2.05, 4.69) is 33.2 Å². The van der Waals surface area contributed by atoms with Gasteiger partial charge in [-0.2, -0.15) is 0 Å². The van der Waals surface area contributed by atoms with Crippen LogP contribution in [0.1, 0.15) is 10.4 Å². The van der Waals surface area contributed by atoms with Crippen molar-refractivity contribution < 1.29 is 4.79 Å². The number of anilines is 1. The lowest BCUT2D eigenvalue weighted by Gasteiger charge is -2.07. The van der Waals surface area contributed by atoms with E-state index >= 15 is 0 Å². The van der Waals surface area contributed by atoms with Crippen LogP contribution in [-0.2, 0) is 0 Å². The second kappa shape index (κ2) is 3.53. The highest BCUT2D eigenvalue weighted by atomic mass is 127. The number of para-hydroxylation sites is 1. The summed E-state index contributed by atoms with van der Waals surface area (Å²) in [4.78, 5) is 11.5. The summed E-state index contributed by atoms with van der Waals surface area (Å²) in [5, 5.41) is 6.06. The summed E-state index contributed by atoms with van der Waals surface area (Å²) in [6, 6.07) is 5.73. The number of hydrogen-bond acceptors (Lipinski definition) is 2. The Morgan fingerprint density at radius 3 is 2.85 bits per heavy atom. The van der Waals surface area contributed by atoms with Gasteiger partial charge in [0.25, 0.3) is 5.91 Å². The van der Waals surface area contributed by atoms with E-state index in [1.54, 1.807) is 0 Å². The first-order valence-electron chi connectivity index (χ1n) is 4.09. The van der Waals surface area contributed by atoms with Crippen LogP contribution in [0.15, 0.2) is 18.2 Å². The molecule has 4 heteroatoms. The second-order valence-electron chi connectivity index (χ2n) is 2.85. The molecule has 1 amide bonds. The van der Waals surface area contributed by atoms with E-state index in [0.717, 1.165) is 21.4 Å². The number of nitrogens with one attached hydrogen (secondary N) is 2. The molecule has 68 valence electrons. The molecule has 2 rings (SSSR count). The zero-order valence-electron chi connectivity index (χ0n) is 6.93. The number of carbonyl (C=O) groups is 1. The Bertz CT molecular complexity index is 351. The minimum absolute atomic E-state index is 0.0125. The van der Waals surface area contributed by atoms with Gasteiger partial charge in [0.2, 0.25) is 0 Å². The Morgan fingerprint density at radius 1 is 1.23 bits per heavy atom. The van der Waals surface area contributed by atoms with Crippen LogP contribution < -0.4 is 10.6 Å². The van der Waals surface area contributed by atoms with E-state index in [4.69, 9.17) is 0 Å². The topological polar surface area (TPSA) is 41.1 Å². The van der Waals surface area contributed by atoms with Gasteiger partial charge in [-0.3, -0.25) is 4.79 Å². The third kappa shape index (κ3) is 1.63. The molecule has 3 nitrogen and oxygen atoms in total. The highest BCUT2D eigenvalue weighted by molar-refractivity contribution is 14.1. The van der Waals surface area contributed by atoms with E-state index in [1.807, 2.05) is 18.2 Å². The van der Waals surface area contributed by atoms with Crippen molar-refractivity contribution in [2.75, 3.05) is 18.4 Å². The van der Waals surface area contributed by atoms with Gasteiger partial charge in [-0.05, 0) is 34.7 Å². The summed E-state index contributed by atoms with van der Waals surface area (Å²) in [5.41, 5.74) is 1.70. The fourth-order valence-corrected chi connectivity index (χ4v) is 2.04. The molecule has 2 N–H and O–H groups in total. The summed E-state index contributed by atoms with van der Waals surface area (Å²) in [7, 11) is 0. The molecule has 0 fully saturated rings. The molecule has 0 bridgehead atoms. The predicted molar refractivity (Wildman–Crippen MR) is 60.0 cm³/mol. The standard InChI is InChI=1S/C9H9IN2O/c10-7-3-1-2-6-8(7)11-4-5-12-9(6)13/h1-3,11H,4-5H2,(H,12,13). The maximum absolute atomic E-state index is 11.5. The van der Waals surface area contributed by atoms with E-state index < -0.39 is 0 Å². The third-order valence-corrected chi connectivity index (χ3v) is 2.87. The highest BCUT2D eigenvalue weighted by Crippen LogP contribution is 2.23. The van der Waals surface area contributed by atoms with Crippen LogP contribution in [-0.4, -0.2) is 19.0 Å². The quantitative estimate of drug-likeness (QED) is 0.709. The zero-order valence-corrected chi connectivity index (χ0v) is 9.09. The molecule has 0 aliphatic carbocycles. The molecule has 0 saturated carbocycles. The second-order valence-corrected chi connectivity index (χ2v) is 4.01. The average molecular weight is 288 g/mol. The van der Waals surface area contributed by atoms with Gasteiger partial charge in [0.1, 0.15) is 0 Å². The molecule has 0 spiro atoms. The number of hydrogen-bond donors (Lipinski definition) is 2. The van der Waals surface area contributed by atoms with E-state index in [0.29, 0.717) is 6.54 Å². The fraction of sp³-hybridized carbons (Fsp3) is 0.222. The van der Waals surface area contributed by atoms with Crippen molar-refractivity contribution in [3.8, 4) is 0 Å². The Labute approximate surface area is 90.0 Å². The molecule has 0 radical (unpaired) electrons. The maximum Gasteiger partial charge on any atom is 0.253 e. The molecule has 0 unspecified atom stereocenters. The number of carbonyl (C=O) groups excluding carboxylic acids is 1. The van der Waals surface area contributed by atoms with Crippen molar-refractivity contribution in [1.82, 2.24) is 5.32 Å². The molecule has 1 aromatic carbocycles. The number of amides is 1. The molecule has 1 aromatic rings. The van der Waals surface area contributed by atoms with Gasteiger partial charge in [-0.15, -0.1) is 0 Å². The van der Waals surface area contributed by atoms with Crippen molar-refractivity contribution in [2.24, 2.45) is 0 Å². The van der Waals surface area contributed by atoms with Crippen LogP contribution in [0.5, 0.6) is 0 Å². The molecule has 1 aliphatic heterocycles. The molecule has 1 aliphatic rings. The van der Waals surface area contributed by atoms with E-state index in [-0.39, 0.29) is 5.91 Å². The minimum atomic E-state index is 0.0125. The molecular weight excluding hydrogens is 279 g/mol. The van der Waals surface area contributed by atoms with Gasteiger partial charge in [0.05, 0.1) is 11.3 Å². The first-order chi connectivity index (χ1) is 6.29. The van der Waals surface area contributed by atoms with E-state index in [1.165, 1.54) is 0 Å². The molecule has 0 aromatic heterocycles. The lowest BCUT2D eigenvalue weighted by atomic mass is 10.2. The van der Waals surface area contributed by atoms with Crippen LogP contribution in [0, 0.1) is 3.57 Å². The van der Waals surface area contributed by atoms with Gasteiger partial charge < -0.3 is 10.6 Å². The van der Waals surface area contributed by atoms with Gasteiger partial charge in [0, 0.05) is 16.7 Å². The predicted octanol–water partition coefficient (Wildman–Crippen LogP) is 1.45. The monoisotopic (exact) mass is 288 g/mol. The first kappa shape index (κ1) is 8.80. The normalized spacial score (nSPS) is 15.3. The van der Waals surface area contributed by atoms with E-state index in [9.17, 15) is 4.79 Å². The van der Waals surface area contributed by atoms with Crippen molar-refractivity contribution in [3.63, 3.8) is 0 Å². The lowest BCUT2D eigenvalue weighted by Crippen LogP contribution is -2.24. The largest absolute Gasteiger partial charge is 0.382 e. The Hall–Kier alpha value is -0.780. The van der Waals surface area contributed by atoms with Crippen molar-refractivity contribution >= 4 is 34.2 Å². The summed E-state index contributed by atoms with van der Waals surface area (Å²) >= 11 is 2.23. The average Bonchev–Trinajstić information content (AvgIpc) is 2.30. The third-order valence-electron chi connectivity index (χ3n) is 1.97. The summed E-state index contributed by atoms with van der Waals surface area (Å²) in [6.45, 7) is 1.47. The van der Waals surface area contributed by atoms with Gasteiger partial charge in [-0.25, -0.2) is 0 Å². The van der Waals surface area contributed by atoms with Crippen LogP contribution in [0.3, 0.4) is 0 Å². The summed E-state index contributed by atoms with van der Waals surface area (Å²) < 4.78 is 1.09. The molecular formula is C9H9IN2O. The number of halogens is 1. The maximum atomic E-state index is 11.5. The fourth-order valence-electron chi connectivity index (χ4n) is 1.35. The number of rotatable bonds is 0. The number of benzene rings is 1. The molecule has 13 heavy (non-hydrogen) atoms. The van der Waals surface area contributed by atoms with Gasteiger partial charge in [0.15, 0.2) is 0 Å². The Morgan fingerprint density at radius 2 is 2.00 bits per heavy atom. The zero-order chi connectivity index (χ0) is 9.26. The van der Waals surface area contributed by atoms with Crippen molar-refractivity contribution in [3.05, 3.63) is 27.3 Å². The lowest BCUT2D eigenvalue weighted by molar-refractivity contribution is 0.0958.